The fraction of sp³-hybridized carbons (Fsp3) is 0.300. The van der Waals surface area contributed by atoms with Crippen LogP contribution >= 0.6 is 0 Å². The molecule has 1 aromatic carbocycles. The summed E-state index contributed by atoms with van der Waals surface area (Å²) >= 11 is 0. The van der Waals surface area contributed by atoms with Crippen molar-refractivity contribution in [1.82, 2.24) is 0 Å². The number of hydrogen-bond acceptors (Lipinski definition) is 1. The quantitative estimate of drug-likeness (QED) is 0.589. The third-order valence-corrected chi connectivity index (χ3v) is 2.11. The van der Waals surface area contributed by atoms with Crippen molar-refractivity contribution in [3.05, 3.63) is 30.2 Å². The third-order valence-electron chi connectivity index (χ3n) is 2.11. The summed E-state index contributed by atoms with van der Waals surface area (Å²) in [5, 5.41) is 0. The predicted octanol–water partition coefficient (Wildman–Crippen LogP) is -0.947. The molecule has 0 aliphatic heterocycles. The molecule has 2 aromatic rings. The van der Waals surface area contributed by atoms with Crippen LogP contribution in [0.1, 0.15) is 12.8 Å². The highest BCUT2D eigenvalue weighted by Crippen LogP contribution is 2.11. The first-order chi connectivity index (χ1) is 5.83. The molecule has 0 unspecified atom stereocenters. The molecular weight excluding hydrogens is 230 g/mol. The Hall–Kier alpha value is -0.830. The van der Waals surface area contributed by atoms with Crippen LogP contribution in [-0.4, -0.2) is 0 Å². The first-order valence-corrected chi connectivity index (χ1v) is 4.21. The van der Waals surface area contributed by atoms with Gasteiger partial charge in [-0.25, -0.2) is 0 Å². The van der Waals surface area contributed by atoms with Crippen LogP contribution in [0.2, 0.25) is 0 Å². The normalized spacial score (nSPS) is 10.0. The molecule has 0 spiro atoms. The fourth-order valence-electron chi connectivity index (χ4n) is 1.54. The Morgan fingerprint density at radius 3 is 2.69 bits per heavy atom. The van der Waals surface area contributed by atoms with Crippen LogP contribution in [0.4, 0.5) is 0 Å². The van der Waals surface area contributed by atoms with E-state index in [0.29, 0.717) is 0 Å². The Morgan fingerprint density at radius 1 is 1.31 bits per heavy atom. The first-order valence-electron chi connectivity index (χ1n) is 4.21. The highest BCUT2D eigenvalue weighted by Gasteiger charge is 2.15. The number of aryl methyl sites for hydroxylation is 2. The largest absolute Gasteiger partial charge is 1.00 e. The van der Waals surface area contributed by atoms with Gasteiger partial charge in [0.2, 0.25) is 5.58 Å². The maximum atomic E-state index is 5.55. The number of nitrogens with zero attached hydrogens (tertiary/aromatic N) is 1. The van der Waals surface area contributed by atoms with Gasteiger partial charge in [0.1, 0.15) is 6.54 Å². The molecule has 70 valence electrons. The molecule has 0 fully saturated rings. The number of halogens is 1. The Bertz CT molecular complexity index is 408. The van der Waals surface area contributed by atoms with E-state index in [-0.39, 0.29) is 17.0 Å². The Morgan fingerprint density at radius 2 is 2.00 bits per heavy atom. The summed E-state index contributed by atoms with van der Waals surface area (Å²) in [5.41, 5.74) is 2.15. The van der Waals surface area contributed by atoms with Crippen LogP contribution in [0.5, 0.6) is 0 Å². The lowest BCUT2D eigenvalue weighted by atomic mass is 10.3. The van der Waals surface area contributed by atoms with Gasteiger partial charge in [-0.1, -0.05) is 12.1 Å². The van der Waals surface area contributed by atoms with Crippen molar-refractivity contribution in [2.75, 3.05) is 0 Å². The van der Waals surface area contributed by atoms with Gasteiger partial charge in [0.15, 0.2) is 0 Å². The Kier molecular flexibility index (Phi) is 3.09. The molecule has 0 saturated heterocycles. The van der Waals surface area contributed by atoms with Gasteiger partial charge >= 0.3 is 5.89 Å². The van der Waals surface area contributed by atoms with E-state index in [2.05, 4.69) is 17.6 Å². The second-order valence-electron chi connectivity index (χ2n) is 2.83. The van der Waals surface area contributed by atoms with E-state index in [1.54, 1.807) is 0 Å². The molecule has 0 radical (unpaired) electrons. The number of fused-ring (bicyclic) bond motifs is 1. The number of rotatable bonds is 1. The molecule has 0 aliphatic rings. The summed E-state index contributed by atoms with van der Waals surface area (Å²) in [7, 11) is 0. The molecule has 0 bridgehead atoms. The number of aromatic nitrogens is 1. The molecule has 13 heavy (non-hydrogen) atoms. The van der Waals surface area contributed by atoms with Gasteiger partial charge in [0.05, 0.1) is 6.92 Å². The lowest BCUT2D eigenvalue weighted by molar-refractivity contribution is -0.679. The second kappa shape index (κ2) is 3.92. The summed E-state index contributed by atoms with van der Waals surface area (Å²) in [6.45, 7) is 5.07. The van der Waals surface area contributed by atoms with E-state index in [9.17, 15) is 0 Å². The zero-order valence-corrected chi connectivity index (χ0v) is 9.34. The van der Waals surface area contributed by atoms with Gasteiger partial charge in [-0.3, -0.25) is 0 Å². The number of benzene rings is 1. The molecule has 3 heteroatoms. The molecule has 0 saturated carbocycles. The lowest BCUT2D eigenvalue weighted by Gasteiger charge is -1.85. The van der Waals surface area contributed by atoms with Gasteiger partial charge in [0, 0.05) is 6.07 Å². The number of para-hydroxylation sites is 2. The van der Waals surface area contributed by atoms with Crippen LogP contribution < -0.4 is 21.5 Å². The fourth-order valence-corrected chi connectivity index (χ4v) is 1.54. The van der Waals surface area contributed by atoms with Crippen molar-refractivity contribution in [3.8, 4) is 0 Å². The van der Waals surface area contributed by atoms with Crippen molar-refractivity contribution in [2.24, 2.45) is 0 Å². The summed E-state index contributed by atoms with van der Waals surface area (Å²) in [6.07, 6.45) is 0. The molecule has 1 aromatic heterocycles. The molecule has 0 atom stereocenters. The molecule has 2 rings (SSSR count). The zero-order valence-electron chi connectivity index (χ0n) is 7.75. The van der Waals surface area contributed by atoms with Gasteiger partial charge in [0.25, 0.3) is 5.52 Å². The first kappa shape index (κ1) is 10.3. The van der Waals surface area contributed by atoms with Gasteiger partial charge in [-0.05, 0) is 13.0 Å². The molecule has 0 N–H and O–H groups in total. The highest BCUT2D eigenvalue weighted by molar-refractivity contribution is 5.68. The van der Waals surface area contributed by atoms with Crippen LogP contribution in [0, 0.1) is 6.92 Å². The standard InChI is InChI=1S/C10H12NO.BrH/c1-3-11-8(2)12-10-7-5-4-6-9(10)11;/h4-7H,3H2,1-2H3;1H/q+1;/p-1. The van der Waals surface area contributed by atoms with Crippen LogP contribution in [-0.2, 0) is 6.54 Å². The van der Waals surface area contributed by atoms with Crippen molar-refractivity contribution >= 4 is 11.1 Å². The smallest absolute Gasteiger partial charge is 0.344 e. The van der Waals surface area contributed by atoms with Crippen molar-refractivity contribution in [2.45, 2.75) is 20.4 Å². The average molecular weight is 242 g/mol. The van der Waals surface area contributed by atoms with Crippen LogP contribution in [0.15, 0.2) is 28.7 Å². The van der Waals surface area contributed by atoms with E-state index >= 15 is 0 Å². The van der Waals surface area contributed by atoms with Crippen molar-refractivity contribution in [1.29, 1.82) is 0 Å². The van der Waals surface area contributed by atoms with Gasteiger partial charge in [-0.2, -0.15) is 4.57 Å². The van der Waals surface area contributed by atoms with E-state index in [1.165, 1.54) is 5.52 Å². The molecule has 0 amide bonds. The Labute approximate surface area is 87.9 Å². The number of oxazole rings is 1. The van der Waals surface area contributed by atoms with E-state index < -0.39 is 0 Å². The molecule has 1 heterocycles. The third kappa shape index (κ3) is 1.61. The van der Waals surface area contributed by atoms with E-state index in [1.807, 2.05) is 25.1 Å². The van der Waals surface area contributed by atoms with Gasteiger partial charge < -0.3 is 21.4 Å². The summed E-state index contributed by atoms with van der Waals surface area (Å²) < 4.78 is 7.71. The maximum absolute atomic E-state index is 5.55. The summed E-state index contributed by atoms with van der Waals surface area (Å²) in [5.74, 6) is 0.971. The van der Waals surface area contributed by atoms with Crippen LogP contribution in [0.3, 0.4) is 0 Å². The SMILES string of the molecule is CC[n+]1c(C)oc2ccccc21.[Br-]. The molecule has 2 nitrogen and oxygen atoms in total. The van der Waals surface area contributed by atoms with E-state index in [0.717, 1.165) is 18.0 Å². The number of hydrogen-bond donors (Lipinski definition) is 0. The summed E-state index contributed by atoms with van der Waals surface area (Å²) in [6, 6.07) is 8.10. The monoisotopic (exact) mass is 241 g/mol. The van der Waals surface area contributed by atoms with Crippen molar-refractivity contribution < 1.29 is 26.0 Å². The minimum atomic E-state index is 0. The Balaban J connectivity index is 0.000000845. The molecular formula is C10H12BrNO. The van der Waals surface area contributed by atoms with Crippen molar-refractivity contribution in [3.63, 3.8) is 0 Å². The maximum Gasteiger partial charge on any atom is 0.344 e. The van der Waals surface area contributed by atoms with Gasteiger partial charge in [-0.15, -0.1) is 0 Å². The highest BCUT2D eigenvalue weighted by atomic mass is 79.9. The zero-order chi connectivity index (χ0) is 8.55. The predicted molar refractivity (Wildman–Crippen MR) is 46.8 cm³/mol. The minimum absolute atomic E-state index is 0. The second-order valence-corrected chi connectivity index (χ2v) is 2.83. The lowest BCUT2D eigenvalue weighted by Crippen LogP contribution is -3.00. The minimum Gasteiger partial charge on any atom is -1.00 e. The van der Waals surface area contributed by atoms with E-state index in [4.69, 9.17) is 4.42 Å². The van der Waals surface area contributed by atoms with Crippen LogP contribution in [0.25, 0.3) is 11.1 Å². The summed E-state index contributed by atoms with van der Waals surface area (Å²) in [4.78, 5) is 0. The molecule has 0 aliphatic carbocycles. The average Bonchev–Trinajstić information content (AvgIpc) is 2.40. The topological polar surface area (TPSA) is 17.0 Å².